The molecule has 1 N–H and O–H groups in total. The molecule has 0 spiro atoms. The molecule has 124 valence electrons. The van der Waals surface area contributed by atoms with Crippen molar-refractivity contribution < 1.29 is 4.79 Å². The predicted molar refractivity (Wildman–Crippen MR) is 104 cm³/mol. The second kappa shape index (κ2) is 8.66. The monoisotopic (exact) mass is 393 g/mol. The first kappa shape index (κ1) is 17.5. The SMILES string of the molecule is Cc1ccc(SCC(=O)Nc2nnc(SCc3cccs3)s2)cc1. The molecule has 2 heterocycles. The number of aryl methyl sites for hydroxylation is 1. The van der Waals surface area contributed by atoms with E-state index in [1.807, 2.05) is 37.3 Å². The third-order valence-electron chi connectivity index (χ3n) is 2.96. The summed E-state index contributed by atoms with van der Waals surface area (Å²) in [6, 6.07) is 12.3. The van der Waals surface area contributed by atoms with Crippen LogP contribution >= 0.6 is 46.2 Å². The largest absolute Gasteiger partial charge is 0.300 e. The summed E-state index contributed by atoms with van der Waals surface area (Å²) >= 11 is 6.29. The van der Waals surface area contributed by atoms with Crippen LogP contribution in [0.25, 0.3) is 0 Å². The molecule has 0 fully saturated rings. The number of nitrogens with zero attached hydrogens (tertiary/aromatic N) is 2. The Morgan fingerprint density at radius 1 is 1.17 bits per heavy atom. The van der Waals surface area contributed by atoms with Gasteiger partial charge in [-0.25, -0.2) is 0 Å². The Labute approximate surface area is 157 Å². The molecule has 0 bridgehead atoms. The summed E-state index contributed by atoms with van der Waals surface area (Å²) in [5, 5.41) is 13.6. The van der Waals surface area contributed by atoms with Crippen molar-refractivity contribution >= 4 is 57.2 Å². The fraction of sp³-hybridized carbons (Fsp3) is 0.188. The molecule has 4 nitrogen and oxygen atoms in total. The Balaban J connectivity index is 1.45. The van der Waals surface area contributed by atoms with E-state index in [2.05, 4.69) is 27.0 Å². The maximum absolute atomic E-state index is 12.0. The van der Waals surface area contributed by atoms with Crippen molar-refractivity contribution in [2.24, 2.45) is 0 Å². The number of amides is 1. The number of aromatic nitrogens is 2. The number of nitrogens with one attached hydrogen (secondary N) is 1. The maximum atomic E-state index is 12.0. The Bertz CT molecular complexity index is 784. The smallest absolute Gasteiger partial charge is 0.236 e. The first-order chi connectivity index (χ1) is 11.7. The highest BCUT2D eigenvalue weighted by molar-refractivity contribution is 8.00. The number of carbonyl (C=O) groups is 1. The molecular weight excluding hydrogens is 378 g/mol. The zero-order chi connectivity index (χ0) is 16.8. The average molecular weight is 394 g/mol. The lowest BCUT2D eigenvalue weighted by Crippen LogP contribution is -2.13. The molecule has 8 heteroatoms. The summed E-state index contributed by atoms with van der Waals surface area (Å²) in [5.41, 5.74) is 1.21. The highest BCUT2D eigenvalue weighted by Gasteiger charge is 2.09. The lowest BCUT2D eigenvalue weighted by atomic mass is 10.2. The number of rotatable bonds is 7. The van der Waals surface area contributed by atoms with Crippen molar-refractivity contribution in [3.8, 4) is 0 Å². The van der Waals surface area contributed by atoms with Gasteiger partial charge in [0.25, 0.3) is 0 Å². The van der Waals surface area contributed by atoms with Crippen LogP contribution in [-0.4, -0.2) is 21.9 Å². The zero-order valence-electron chi connectivity index (χ0n) is 12.9. The molecular formula is C16H15N3OS4. The van der Waals surface area contributed by atoms with Crippen molar-refractivity contribution in [2.75, 3.05) is 11.1 Å². The highest BCUT2D eigenvalue weighted by Crippen LogP contribution is 2.29. The highest BCUT2D eigenvalue weighted by atomic mass is 32.2. The quantitative estimate of drug-likeness (QED) is 0.455. The van der Waals surface area contributed by atoms with E-state index in [0.717, 1.165) is 15.0 Å². The van der Waals surface area contributed by atoms with Crippen LogP contribution in [0.3, 0.4) is 0 Å². The van der Waals surface area contributed by atoms with Gasteiger partial charge < -0.3 is 0 Å². The van der Waals surface area contributed by atoms with E-state index in [1.165, 1.54) is 33.5 Å². The van der Waals surface area contributed by atoms with Gasteiger partial charge in [-0.15, -0.1) is 33.3 Å². The van der Waals surface area contributed by atoms with E-state index in [-0.39, 0.29) is 5.91 Å². The van der Waals surface area contributed by atoms with Crippen molar-refractivity contribution in [1.29, 1.82) is 0 Å². The Hall–Kier alpha value is -1.35. The molecule has 1 amide bonds. The van der Waals surface area contributed by atoms with Crippen LogP contribution in [0.5, 0.6) is 0 Å². The van der Waals surface area contributed by atoms with Gasteiger partial charge >= 0.3 is 0 Å². The Morgan fingerprint density at radius 2 is 2.00 bits per heavy atom. The number of thiophene rings is 1. The number of benzene rings is 1. The molecule has 0 aliphatic heterocycles. The van der Waals surface area contributed by atoms with Crippen LogP contribution in [0.15, 0.2) is 51.0 Å². The minimum Gasteiger partial charge on any atom is -0.300 e. The molecule has 0 saturated carbocycles. The minimum absolute atomic E-state index is 0.0634. The van der Waals surface area contributed by atoms with Gasteiger partial charge in [-0.05, 0) is 30.5 Å². The molecule has 0 atom stereocenters. The molecule has 2 aromatic heterocycles. The van der Waals surface area contributed by atoms with Crippen LogP contribution in [0.1, 0.15) is 10.4 Å². The second-order valence-electron chi connectivity index (χ2n) is 4.89. The van der Waals surface area contributed by atoms with Crippen LogP contribution < -0.4 is 5.32 Å². The van der Waals surface area contributed by atoms with Crippen molar-refractivity contribution in [3.05, 3.63) is 52.2 Å². The summed E-state index contributed by atoms with van der Waals surface area (Å²) in [7, 11) is 0. The molecule has 0 aliphatic rings. The number of hydrogen-bond acceptors (Lipinski definition) is 7. The van der Waals surface area contributed by atoms with Gasteiger partial charge in [0.15, 0.2) is 4.34 Å². The number of carbonyl (C=O) groups excluding carboxylic acids is 1. The molecule has 24 heavy (non-hydrogen) atoms. The predicted octanol–water partition coefficient (Wildman–Crippen LogP) is 4.93. The normalized spacial score (nSPS) is 10.7. The summed E-state index contributed by atoms with van der Waals surface area (Å²) in [6.45, 7) is 2.05. The van der Waals surface area contributed by atoms with Gasteiger partial charge in [-0.3, -0.25) is 10.1 Å². The fourth-order valence-corrected chi connectivity index (χ4v) is 5.02. The third-order valence-corrected chi connectivity index (χ3v) is 7.05. The van der Waals surface area contributed by atoms with Gasteiger partial charge in [0, 0.05) is 15.5 Å². The van der Waals surface area contributed by atoms with Crippen molar-refractivity contribution in [2.45, 2.75) is 21.9 Å². The van der Waals surface area contributed by atoms with Gasteiger partial charge in [-0.1, -0.05) is 46.9 Å². The fourth-order valence-electron chi connectivity index (χ4n) is 1.78. The Morgan fingerprint density at radius 3 is 2.75 bits per heavy atom. The van der Waals surface area contributed by atoms with E-state index < -0.39 is 0 Å². The number of anilines is 1. The van der Waals surface area contributed by atoms with Gasteiger partial charge in [0.1, 0.15) is 0 Å². The Kier molecular flexibility index (Phi) is 6.30. The second-order valence-corrected chi connectivity index (χ2v) is 9.17. The summed E-state index contributed by atoms with van der Waals surface area (Å²) in [5.74, 6) is 1.18. The lowest BCUT2D eigenvalue weighted by Gasteiger charge is -2.02. The summed E-state index contributed by atoms with van der Waals surface area (Å²) in [4.78, 5) is 14.4. The summed E-state index contributed by atoms with van der Waals surface area (Å²) < 4.78 is 0.866. The van der Waals surface area contributed by atoms with E-state index in [4.69, 9.17) is 0 Å². The molecule has 0 unspecified atom stereocenters. The molecule has 3 rings (SSSR count). The van der Waals surface area contributed by atoms with Crippen LogP contribution in [0.4, 0.5) is 5.13 Å². The molecule has 0 aliphatic carbocycles. The topological polar surface area (TPSA) is 54.9 Å². The first-order valence-corrected chi connectivity index (χ1v) is 10.8. The first-order valence-electron chi connectivity index (χ1n) is 7.17. The van der Waals surface area contributed by atoms with Crippen LogP contribution in [-0.2, 0) is 10.5 Å². The standard InChI is InChI=1S/C16H15N3OS4/c1-11-4-6-12(7-5-11)22-10-14(20)17-15-18-19-16(24-15)23-9-13-3-2-8-21-13/h2-8H,9-10H2,1H3,(H,17,18,20). The van der Waals surface area contributed by atoms with Crippen LogP contribution in [0.2, 0.25) is 0 Å². The van der Waals surface area contributed by atoms with E-state index in [9.17, 15) is 4.79 Å². The third kappa shape index (κ3) is 5.34. The minimum atomic E-state index is -0.0634. The van der Waals surface area contributed by atoms with Crippen molar-refractivity contribution in [1.82, 2.24) is 10.2 Å². The summed E-state index contributed by atoms with van der Waals surface area (Å²) in [6.07, 6.45) is 0. The van der Waals surface area contributed by atoms with E-state index in [0.29, 0.717) is 10.9 Å². The average Bonchev–Trinajstić information content (AvgIpc) is 3.24. The molecule has 0 radical (unpaired) electrons. The maximum Gasteiger partial charge on any atom is 0.236 e. The zero-order valence-corrected chi connectivity index (χ0v) is 16.2. The van der Waals surface area contributed by atoms with E-state index in [1.54, 1.807) is 23.1 Å². The van der Waals surface area contributed by atoms with E-state index >= 15 is 0 Å². The van der Waals surface area contributed by atoms with Crippen LogP contribution in [0, 0.1) is 6.92 Å². The molecule has 3 aromatic rings. The molecule has 1 aromatic carbocycles. The lowest BCUT2D eigenvalue weighted by molar-refractivity contribution is -0.113. The number of hydrogen-bond donors (Lipinski definition) is 1. The van der Waals surface area contributed by atoms with Gasteiger partial charge in [0.2, 0.25) is 11.0 Å². The van der Waals surface area contributed by atoms with Gasteiger partial charge in [-0.2, -0.15) is 0 Å². The number of thioether (sulfide) groups is 2. The van der Waals surface area contributed by atoms with Gasteiger partial charge in [0.05, 0.1) is 5.75 Å². The molecule has 0 saturated heterocycles. The van der Waals surface area contributed by atoms with Crippen molar-refractivity contribution in [3.63, 3.8) is 0 Å².